The lowest BCUT2D eigenvalue weighted by molar-refractivity contribution is -0.113. The molecule has 0 bridgehead atoms. The Morgan fingerprint density at radius 2 is 2.23 bits per heavy atom. The van der Waals surface area contributed by atoms with E-state index in [4.69, 9.17) is 4.74 Å². The first-order valence-corrected chi connectivity index (χ1v) is 7.40. The Morgan fingerprint density at radius 3 is 2.95 bits per heavy atom. The molecule has 0 saturated heterocycles. The van der Waals surface area contributed by atoms with E-state index in [2.05, 4.69) is 10.4 Å². The van der Waals surface area contributed by atoms with Crippen LogP contribution in [-0.4, -0.2) is 22.3 Å². The topological polar surface area (TPSA) is 56.2 Å². The van der Waals surface area contributed by atoms with Crippen LogP contribution in [0.1, 0.15) is 25.3 Å². The fraction of sp³-hybridized carbons (Fsp3) is 0.294. The molecular formula is C17H19N3O2. The van der Waals surface area contributed by atoms with Gasteiger partial charge in [0.2, 0.25) is 0 Å². The average molecular weight is 297 g/mol. The van der Waals surface area contributed by atoms with Crippen LogP contribution >= 0.6 is 0 Å². The summed E-state index contributed by atoms with van der Waals surface area (Å²) in [6.07, 6.45) is 5.24. The largest absolute Gasteiger partial charge is 0.498 e. The van der Waals surface area contributed by atoms with E-state index in [1.165, 1.54) is 0 Å². The highest BCUT2D eigenvalue weighted by Gasteiger charge is 2.18. The van der Waals surface area contributed by atoms with E-state index in [1.54, 1.807) is 10.9 Å². The van der Waals surface area contributed by atoms with Crippen molar-refractivity contribution in [3.8, 4) is 5.69 Å². The molecule has 3 rings (SSSR count). The molecule has 5 heteroatoms. The van der Waals surface area contributed by atoms with Crippen molar-refractivity contribution < 1.29 is 9.53 Å². The van der Waals surface area contributed by atoms with Crippen molar-refractivity contribution in [3.63, 3.8) is 0 Å². The number of aromatic nitrogens is 2. The van der Waals surface area contributed by atoms with Crippen LogP contribution in [0.4, 0.5) is 5.69 Å². The molecule has 1 aliphatic heterocycles. The van der Waals surface area contributed by atoms with Crippen LogP contribution in [0.3, 0.4) is 0 Å². The Labute approximate surface area is 129 Å². The second-order valence-electron chi connectivity index (χ2n) is 5.39. The van der Waals surface area contributed by atoms with Gasteiger partial charge >= 0.3 is 0 Å². The number of amides is 1. The van der Waals surface area contributed by atoms with Crippen LogP contribution in [0.5, 0.6) is 0 Å². The number of hydrogen-bond acceptors (Lipinski definition) is 3. The highest BCUT2D eigenvalue weighted by atomic mass is 16.5. The zero-order valence-electron chi connectivity index (χ0n) is 12.8. The first-order chi connectivity index (χ1) is 10.6. The van der Waals surface area contributed by atoms with Crippen molar-refractivity contribution in [2.45, 2.75) is 26.7 Å². The van der Waals surface area contributed by atoms with Crippen LogP contribution in [0.2, 0.25) is 0 Å². The molecule has 2 heterocycles. The fourth-order valence-electron chi connectivity index (χ4n) is 2.52. The lowest BCUT2D eigenvalue weighted by atomic mass is 10.1. The number of nitrogens with zero attached hydrogens (tertiary/aromatic N) is 2. The summed E-state index contributed by atoms with van der Waals surface area (Å²) < 4.78 is 7.23. The molecule has 0 spiro atoms. The third-order valence-electron chi connectivity index (χ3n) is 3.83. The van der Waals surface area contributed by atoms with Crippen LogP contribution < -0.4 is 5.32 Å². The summed E-state index contributed by atoms with van der Waals surface area (Å²) in [6, 6.07) is 7.75. The quantitative estimate of drug-likeness (QED) is 0.946. The summed E-state index contributed by atoms with van der Waals surface area (Å²) in [4.78, 5) is 12.5. The number of anilines is 1. The van der Waals surface area contributed by atoms with Gasteiger partial charge in [-0.3, -0.25) is 4.79 Å². The van der Waals surface area contributed by atoms with Crippen molar-refractivity contribution in [1.29, 1.82) is 0 Å². The monoisotopic (exact) mass is 297 g/mol. The second kappa shape index (κ2) is 6.05. The number of rotatable bonds is 3. The summed E-state index contributed by atoms with van der Waals surface area (Å²) in [5.41, 5.74) is 3.45. The van der Waals surface area contributed by atoms with Crippen molar-refractivity contribution >= 4 is 11.6 Å². The maximum Gasteiger partial charge on any atom is 0.254 e. The number of ether oxygens (including phenoxy) is 1. The van der Waals surface area contributed by atoms with Crippen molar-refractivity contribution in [3.05, 3.63) is 53.6 Å². The number of hydrogen-bond donors (Lipinski definition) is 1. The summed E-state index contributed by atoms with van der Waals surface area (Å²) in [7, 11) is 0. The van der Waals surface area contributed by atoms with Gasteiger partial charge in [-0.15, -0.1) is 0 Å². The van der Waals surface area contributed by atoms with Gasteiger partial charge in [0, 0.05) is 18.1 Å². The summed E-state index contributed by atoms with van der Waals surface area (Å²) in [5.74, 6) is 0.641. The minimum atomic E-state index is -0.0853. The van der Waals surface area contributed by atoms with Crippen molar-refractivity contribution in [2.75, 3.05) is 11.9 Å². The zero-order chi connectivity index (χ0) is 15.5. The molecule has 1 aliphatic rings. The van der Waals surface area contributed by atoms with Gasteiger partial charge in [0.25, 0.3) is 5.91 Å². The van der Waals surface area contributed by atoms with Gasteiger partial charge in [-0.2, -0.15) is 5.10 Å². The number of carbonyl (C=O) groups excluding carboxylic acids is 1. The highest BCUT2D eigenvalue weighted by Crippen LogP contribution is 2.23. The number of benzene rings is 1. The molecule has 0 atom stereocenters. The molecule has 1 aromatic carbocycles. The van der Waals surface area contributed by atoms with Crippen LogP contribution in [0, 0.1) is 6.92 Å². The molecule has 0 aliphatic carbocycles. The summed E-state index contributed by atoms with van der Waals surface area (Å²) in [6.45, 7) is 4.51. The zero-order valence-corrected chi connectivity index (χ0v) is 12.8. The average Bonchev–Trinajstić information content (AvgIpc) is 3.04. The molecule has 1 aromatic heterocycles. The summed E-state index contributed by atoms with van der Waals surface area (Å²) >= 11 is 0. The molecule has 0 radical (unpaired) electrons. The predicted molar refractivity (Wildman–Crippen MR) is 84.8 cm³/mol. The minimum absolute atomic E-state index is 0.0853. The number of aryl methyl sites for hydroxylation is 1. The van der Waals surface area contributed by atoms with Crippen LogP contribution in [0.15, 0.2) is 48.0 Å². The van der Waals surface area contributed by atoms with E-state index in [0.717, 1.165) is 41.1 Å². The van der Waals surface area contributed by atoms with Gasteiger partial charge in [-0.05, 0) is 50.5 Å². The predicted octanol–water partition coefficient (Wildman–Crippen LogP) is 3.20. The molecule has 22 heavy (non-hydrogen) atoms. The minimum Gasteiger partial charge on any atom is -0.498 e. The molecule has 5 nitrogen and oxygen atoms in total. The molecule has 0 saturated carbocycles. The van der Waals surface area contributed by atoms with E-state index < -0.39 is 0 Å². The Hall–Kier alpha value is -2.56. The standard InChI is InChI=1S/C17H19N3O2/c1-12-6-7-14(20-9-4-8-18-20)11-16(12)19-17(21)15-5-3-10-22-13(15)2/h4,6-9,11H,3,5,10H2,1-2H3,(H,19,21). The first kappa shape index (κ1) is 14.4. The maximum atomic E-state index is 12.5. The Morgan fingerprint density at radius 1 is 1.36 bits per heavy atom. The molecule has 0 fully saturated rings. The third-order valence-corrected chi connectivity index (χ3v) is 3.83. The number of nitrogens with one attached hydrogen (secondary N) is 1. The van der Waals surface area contributed by atoms with Gasteiger partial charge in [0.05, 0.1) is 17.9 Å². The van der Waals surface area contributed by atoms with E-state index in [9.17, 15) is 4.79 Å². The molecule has 1 amide bonds. The molecule has 114 valence electrons. The Bertz CT molecular complexity index is 718. The van der Waals surface area contributed by atoms with Crippen LogP contribution in [0.25, 0.3) is 5.69 Å². The van der Waals surface area contributed by atoms with E-state index in [-0.39, 0.29) is 5.91 Å². The Balaban J connectivity index is 1.86. The maximum absolute atomic E-state index is 12.5. The van der Waals surface area contributed by atoms with E-state index in [0.29, 0.717) is 6.61 Å². The van der Waals surface area contributed by atoms with Crippen molar-refractivity contribution in [1.82, 2.24) is 9.78 Å². The molecule has 1 N–H and O–H groups in total. The van der Waals surface area contributed by atoms with Gasteiger partial charge in [-0.1, -0.05) is 6.07 Å². The molecule has 0 unspecified atom stereocenters. The number of carbonyl (C=O) groups is 1. The normalized spacial score (nSPS) is 14.6. The van der Waals surface area contributed by atoms with Gasteiger partial charge in [-0.25, -0.2) is 4.68 Å². The highest BCUT2D eigenvalue weighted by molar-refractivity contribution is 6.04. The van der Waals surface area contributed by atoms with Gasteiger partial charge in [0.1, 0.15) is 5.76 Å². The van der Waals surface area contributed by atoms with Gasteiger partial charge < -0.3 is 10.1 Å². The number of allylic oxidation sites excluding steroid dienone is 1. The SMILES string of the molecule is CC1=C(C(=O)Nc2cc(-n3cccn3)ccc2C)CCCO1. The molecular weight excluding hydrogens is 278 g/mol. The van der Waals surface area contributed by atoms with Crippen LogP contribution in [-0.2, 0) is 9.53 Å². The van der Waals surface area contributed by atoms with E-state index >= 15 is 0 Å². The van der Waals surface area contributed by atoms with Gasteiger partial charge in [0.15, 0.2) is 0 Å². The lowest BCUT2D eigenvalue weighted by Gasteiger charge is -2.19. The lowest BCUT2D eigenvalue weighted by Crippen LogP contribution is -2.20. The second-order valence-corrected chi connectivity index (χ2v) is 5.39. The Kier molecular flexibility index (Phi) is 3.96. The van der Waals surface area contributed by atoms with E-state index in [1.807, 2.05) is 44.3 Å². The fourth-order valence-corrected chi connectivity index (χ4v) is 2.52. The third kappa shape index (κ3) is 2.88. The van der Waals surface area contributed by atoms with Crippen molar-refractivity contribution in [2.24, 2.45) is 0 Å². The first-order valence-electron chi connectivity index (χ1n) is 7.40. The summed E-state index contributed by atoms with van der Waals surface area (Å²) in [5, 5.41) is 7.21. The smallest absolute Gasteiger partial charge is 0.254 e. The molecule has 2 aromatic rings.